The van der Waals surface area contributed by atoms with Gasteiger partial charge in [-0.15, -0.1) is 0 Å². The second kappa shape index (κ2) is 3.55. The number of nitrogens with one attached hydrogen (secondary N) is 1. The van der Waals surface area contributed by atoms with Crippen LogP contribution in [0.4, 0.5) is 0 Å². The Morgan fingerprint density at radius 2 is 2.36 bits per heavy atom. The molecule has 1 saturated heterocycles. The minimum Gasteiger partial charge on any atom is -0.506 e. The van der Waals surface area contributed by atoms with E-state index in [0.29, 0.717) is 11.3 Å². The Kier molecular flexibility index (Phi) is 2.39. The number of hydrogen-bond acceptors (Lipinski definition) is 4. The second-order valence-corrected chi connectivity index (χ2v) is 3.58. The van der Waals surface area contributed by atoms with Gasteiger partial charge in [-0.2, -0.15) is 0 Å². The summed E-state index contributed by atoms with van der Waals surface area (Å²) in [7, 11) is 0. The summed E-state index contributed by atoms with van der Waals surface area (Å²) in [4.78, 5) is 4.01. The molecule has 4 nitrogen and oxygen atoms in total. The Morgan fingerprint density at radius 1 is 1.64 bits per heavy atom. The number of aromatic hydroxyl groups is 1. The first kappa shape index (κ1) is 9.43. The zero-order chi connectivity index (χ0) is 10.1. The molecule has 14 heavy (non-hydrogen) atoms. The molecule has 0 spiro atoms. The summed E-state index contributed by atoms with van der Waals surface area (Å²) in [6.07, 6.45) is 2.63. The summed E-state index contributed by atoms with van der Waals surface area (Å²) in [6.45, 7) is 2.66. The van der Waals surface area contributed by atoms with Gasteiger partial charge in [0.15, 0.2) is 0 Å². The molecule has 1 aromatic heterocycles. The normalized spacial score (nSPS) is 20.6. The van der Waals surface area contributed by atoms with E-state index in [9.17, 15) is 5.11 Å². The molecule has 1 aliphatic rings. The first-order chi connectivity index (χ1) is 6.74. The van der Waals surface area contributed by atoms with Gasteiger partial charge in [0, 0.05) is 23.4 Å². The van der Waals surface area contributed by atoms with Gasteiger partial charge in [-0.25, -0.2) is 0 Å². The standard InChI is InChI=1S/C10H14N2O2/c1-6-10(14)9(8-2-3-11-8)7(5-13)4-12-6/h4,8,11,13-14H,2-3,5H2,1H3/t8-/m1/s1. The van der Waals surface area contributed by atoms with Gasteiger partial charge in [-0.3, -0.25) is 4.98 Å². The summed E-state index contributed by atoms with van der Waals surface area (Å²) in [6, 6.07) is 0.179. The average Bonchev–Trinajstić information content (AvgIpc) is 2.10. The van der Waals surface area contributed by atoms with Crippen molar-refractivity contribution in [2.24, 2.45) is 0 Å². The summed E-state index contributed by atoms with van der Waals surface area (Å²) < 4.78 is 0. The fraction of sp³-hybridized carbons (Fsp3) is 0.500. The highest BCUT2D eigenvalue weighted by Crippen LogP contribution is 2.34. The van der Waals surface area contributed by atoms with Gasteiger partial charge >= 0.3 is 0 Å². The minimum atomic E-state index is -0.0750. The van der Waals surface area contributed by atoms with Crippen LogP contribution in [0, 0.1) is 6.92 Å². The molecule has 2 rings (SSSR count). The van der Waals surface area contributed by atoms with Gasteiger partial charge in [0.05, 0.1) is 12.3 Å². The third-order valence-corrected chi connectivity index (χ3v) is 2.70. The van der Waals surface area contributed by atoms with Crippen LogP contribution in [0.15, 0.2) is 6.20 Å². The van der Waals surface area contributed by atoms with Crippen molar-refractivity contribution in [3.8, 4) is 5.75 Å². The topological polar surface area (TPSA) is 65.4 Å². The van der Waals surface area contributed by atoms with E-state index in [1.807, 2.05) is 0 Å². The number of aryl methyl sites for hydroxylation is 1. The Morgan fingerprint density at radius 3 is 2.86 bits per heavy atom. The SMILES string of the molecule is Cc1ncc(CO)c([C@H]2CCN2)c1O. The summed E-state index contributed by atoms with van der Waals surface area (Å²) in [5.41, 5.74) is 2.14. The quantitative estimate of drug-likeness (QED) is 0.645. The van der Waals surface area contributed by atoms with Gasteiger partial charge < -0.3 is 15.5 Å². The van der Waals surface area contributed by atoms with Crippen molar-refractivity contribution < 1.29 is 10.2 Å². The van der Waals surface area contributed by atoms with Crippen LogP contribution in [-0.4, -0.2) is 21.7 Å². The van der Waals surface area contributed by atoms with Crippen LogP contribution in [0.3, 0.4) is 0 Å². The second-order valence-electron chi connectivity index (χ2n) is 3.58. The van der Waals surface area contributed by atoms with E-state index in [2.05, 4.69) is 10.3 Å². The van der Waals surface area contributed by atoms with Crippen LogP contribution in [-0.2, 0) is 6.61 Å². The van der Waals surface area contributed by atoms with E-state index in [1.165, 1.54) is 0 Å². The highest BCUT2D eigenvalue weighted by Gasteiger charge is 2.25. The molecule has 4 heteroatoms. The zero-order valence-electron chi connectivity index (χ0n) is 8.12. The van der Waals surface area contributed by atoms with E-state index in [0.717, 1.165) is 18.5 Å². The van der Waals surface area contributed by atoms with Crippen LogP contribution in [0.1, 0.15) is 29.3 Å². The lowest BCUT2D eigenvalue weighted by atomic mass is 9.93. The van der Waals surface area contributed by atoms with Crippen molar-refractivity contribution >= 4 is 0 Å². The highest BCUT2D eigenvalue weighted by atomic mass is 16.3. The Hall–Kier alpha value is -1.13. The molecule has 1 atom stereocenters. The predicted molar refractivity (Wildman–Crippen MR) is 51.9 cm³/mol. The lowest BCUT2D eigenvalue weighted by Gasteiger charge is -2.30. The van der Waals surface area contributed by atoms with E-state index < -0.39 is 0 Å². The summed E-state index contributed by atoms with van der Waals surface area (Å²) in [5, 5.41) is 22.2. The van der Waals surface area contributed by atoms with Gasteiger partial charge in [0.1, 0.15) is 5.75 Å². The monoisotopic (exact) mass is 194 g/mol. The highest BCUT2D eigenvalue weighted by molar-refractivity contribution is 5.43. The largest absolute Gasteiger partial charge is 0.506 e. The molecule has 0 bridgehead atoms. The third-order valence-electron chi connectivity index (χ3n) is 2.70. The molecule has 2 heterocycles. The van der Waals surface area contributed by atoms with Crippen molar-refractivity contribution in [2.45, 2.75) is 26.0 Å². The van der Waals surface area contributed by atoms with Crippen LogP contribution < -0.4 is 5.32 Å². The summed E-state index contributed by atoms with van der Waals surface area (Å²) in [5.74, 6) is 0.216. The maximum atomic E-state index is 9.83. The molecule has 0 radical (unpaired) electrons. The molecule has 76 valence electrons. The first-order valence-corrected chi connectivity index (χ1v) is 4.75. The van der Waals surface area contributed by atoms with E-state index in [4.69, 9.17) is 5.11 Å². The zero-order valence-corrected chi connectivity index (χ0v) is 8.12. The maximum absolute atomic E-state index is 9.83. The van der Waals surface area contributed by atoms with Crippen molar-refractivity contribution in [1.82, 2.24) is 10.3 Å². The molecule has 1 fully saturated rings. The number of hydrogen-bond donors (Lipinski definition) is 3. The lowest BCUT2D eigenvalue weighted by molar-refractivity contribution is 0.272. The van der Waals surface area contributed by atoms with Gasteiger partial charge in [0.25, 0.3) is 0 Å². The van der Waals surface area contributed by atoms with Crippen molar-refractivity contribution in [3.05, 3.63) is 23.0 Å². The molecule has 0 unspecified atom stereocenters. The molecule has 1 aliphatic heterocycles. The number of aliphatic hydroxyl groups is 1. The Balaban J connectivity index is 2.46. The molecule has 0 aromatic carbocycles. The number of pyridine rings is 1. The molecule has 1 aromatic rings. The van der Waals surface area contributed by atoms with Gasteiger partial charge in [-0.1, -0.05) is 0 Å². The van der Waals surface area contributed by atoms with Crippen LogP contribution in [0.2, 0.25) is 0 Å². The number of nitrogens with zero attached hydrogens (tertiary/aromatic N) is 1. The molecular weight excluding hydrogens is 180 g/mol. The molecule has 0 amide bonds. The Bertz CT molecular complexity index is 348. The minimum absolute atomic E-state index is 0.0750. The predicted octanol–water partition coefficient (Wildman–Crippen LogP) is 0.622. The van der Waals surface area contributed by atoms with Gasteiger partial charge in [0.2, 0.25) is 0 Å². The first-order valence-electron chi connectivity index (χ1n) is 4.75. The van der Waals surface area contributed by atoms with Crippen LogP contribution in [0.25, 0.3) is 0 Å². The van der Waals surface area contributed by atoms with Crippen molar-refractivity contribution in [3.63, 3.8) is 0 Å². The number of aliphatic hydroxyl groups excluding tert-OH is 1. The summed E-state index contributed by atoms with van der Waals surface area (Å²) >= 11 is 0. The lowest BCUT2D eigenvalue weighted by Crippen LogP contribution is -2.35. The van der Waals surface area contributed by atoms with Crippen LogP contribution in [0.5, 0.6) is 5.75 Å². The number of aromatic nitrogens is 1. The average molecular weight is 194 g/mol. The van der Waals surface area contributed by atoms with E-state index >= 15 is 0 Å². The Labute approximate surface area is 82.6 Å². The molecule has 3 N–H and O–H groups in total. The van der Waals surface area contributed by atoms with Crippen LogP contribution >= 0.6 is 0 Å². The fourth-order valence-corrected chi connectivity index (χ4v) is 1.70. The number of rotatable bonds is 2. The van der Waals surface area contributed by atoms with E-state index in [1.54, 1.807) is 13.1 Å². The van der Waals surface area contributed by atoms with Crippen molar-refractivity contribution in [1.29, 1.82) is 0 Å². The van der Waals surface area contributed by atoms with Gasteiger partial charge in [-0.05, 0) is 19.9 Å². The van der Waals surface area contributed by atoms with E-state index in [-0.39, 0.29) is 18.4 Å². The smallest absolute Gasteiger partial charge is 0.141 e. The maximum Gasteiger partial charge on any atom is 0.141 e. The molecule has 0 saturated carbocycles. The molecular formula is C10H14N2O2. The molecule has 0 aliphatic carbocycles. The third kappa shape index (κ3) is 1.36. The fourth-order valence-electron chi connectivity index (χ4n) is 1.70. The van der Waals surface area contributed by atoms with Crippen molar-refractivity contribution in [2.75, 3.05) is 6.54 Å².